The van der Waals surface area contributed by atoms with E-state index >= 15 is 0 Å². The Labute approximate surface area is 330 Å². The molecule has 0 spiro atoms. The zero-order valence-electron chi connectivity index (χ0n) is 31.6. The van der Waals surface area contributed by atoms with Gasteiger partial charge in [-0.2, -0.15) is 0 Å². The van der Waals surface area contributed by atoms with E-state index in [1.165, 1.54) is 0 Å². The van der Waals surface area contributed by atoms with Gasteiger partial charge in [-0.1, -0.05) is 188 Å². The first-order valence-electron chi connectivity index (χ1n) is 19.6. The molecular formula is C50H50N2O4. The largest absolute Gasteiger partial charge is 0.387 e. The van der Waals surface area contributed by atoms with Crippen molar-refractivity contribution in [3.63, 3.8) is 0 Å². The van der Waals surface area contributed by atoms with Crippen molar-refractivity contribution in [2.75, 3.05) is 0 Å². The first-order chi connectivity index (χ1) is 27.3. The molecule has 0 aliphatic heterocycles. The SMILES string of the molecule is O=C(N[C@H](c1ccccc1)C(O)(Cc1ccccc1)Cc1ccccc1)C1(C(=O)N[C@H](c2ccccc2)C(O)(Cc2ccccc2)Cc2ccccc2)CCC1. The molecule has 6 aromatic rings. The van der Waals surface area contributed by atoms with E-state index in [-0.39, 0.29) is 25.7 Å². The number of nitrogens with one attached hydrogen (secondary N) is 2. The monoisotopic (exact) mass is 742 g/mol. The molecule has 1 aliphatic carbocycles. The van der Waals surface area contributed by atoms with Gasteiger partial charge in [0.05, 0.1) is 23.3 Å². The van der Waals surface area contributed by atoms with Crippen molar-refractivity contribution in [3.05, 3.63) is 215 Å². The lowest BCUT2D eigenvalue weighted by atomic mass is 9.66. The van der Waals surface area contributed by atoms with Gasteiger partial charge in [-0.05, 0) is 46.2 Å². The van der Waals surface area contributed by atoms with Crippen molar-refractivity contribution in [2.45, 2.75) is 68.2 Å². The molecule has 0 saturated heterocycles. The van der Waals surface area contributed by atoms with E-state index in [0.717, 1.165) is 33.4 Å². The van der Waals surface area contributed by atoms with Crippen LogP contribution < -0.4 is 10.6 Å². The van der Waals surface area contributed by atoms with Crippen molar-refractivity contribution >= 4 is 11.8 Å². The van der Waals surface area contributed by atoms with Gasteiger partial charge in [-0.15, -0.1) is 0 Å². The molecule has 7 rings (SSSR count). The van der Waals surface area contributed by atoms with Crippen LogP contribution in [-0.2, 0) is 35.3 Å². The van der Waals surface area contributed by atoms with E-state index in [1.807, 2.05) is 182 Å². The van der Waals surface area contributed by atoms with Crippen LogP contribution in [0.5, 0.6) is 0 Å². The Morgan fingerprint density at radius 2 is 0.696 bits per heavy atom. The van der Waals surface area contributed by atoms with Crippen LogP contribution in [0.2, 0.25) is 0 Å². The summed E-state index contributed by atoms with van der Waals surface area (Å²) in [5.41, 5.74) is 0.885. The summed E-state index contributed by atoms with van der Waals surface area (Å²) in [4.78, 5) is 29.9. The van der Waals surface area contributed by atoms with Gasteiger partial charge < -0.3 is 20.8 Å². The lowest BCUT2D eigenvalue weighted by Crippen LogP contribution is -2.61. The Morgan fingerprint density at radius 1 is 0.446 bits per heavy atom. The maximum absolute atomic E-state index is 14.9. The summed E-state index contributed by atoms with van der Waals surface area (Å²) in [5.74, 6) is -0.868. The first kappa shape index (κ1) is 38.5. The molecule has 6 heteroatoms. The van der Waals surface area contributed by atoms with Crippen molar-refractivity contribution in [1.82, 2.24) is 10.6 Å². The molecule has 4 N–H and O–H groups in total. The maximum Gasteiger partial charge on any atom is 0.236 e. The number of rotatable bonds is 16. The highest BCUT2D eigenvalue weighted by molar-refractivity contribution is 6.06. The van der Waals surface area contributed by atoms with Crippen LogP contribution in [-0.4, -0.2) is 33.2 Å². The number of aliphatic hydroxyl groups is 2. The minimum atomic E-state index is -1.46. The van der Waals surface area contributed by atoms with Gasteiger partial charge in [-0.25, -0.2) is 0 Å². The van der Waals surface area contributed by atoms with Crippen molar-refractivity contribution in [2.24, 2.45) is 5.41 Å². The molecular weight excluding hydrogens is 693 g/mol. The highest BCUT2D eigenvalue weighted by atomic mass is 16.3. The Bertz CT molecular complexity index is 1910. The van der Waals surface area contributed by atoms with Gasteiger partial charge in [0, 0.05) is 25.7 Å². The lowest BCUT2D eigenvalue weighted by molar-refractivity contribution is -0.153. The second-order valence-corrected chi connectivity index (χ2v) is 15.4. The molecule has 0 bridgehead atoms. The predicted molar refractivity (Wildman–Crippen MR) is 221 cm³/mol. The zero-order chi connectivity index (χ0) is 38.9. The fourth-order valence-electron chi connectivity index (χ4n) is 8.30. The van der Waals surface area contributed by atoms with Crippen LogP contribution in [0.15, 0.2) is 182 Å². The minimum absolute atomic E-state index is 0.268. The number of carbonyl (C=O) groups excluding carboxylic acids is 2. The summed E-state index contributed by atoms with van der Waals surface area (Å²) in [5, 5.41) is 32.3. The van der Waals surface area contributed by atoms with Crippen LogP contribution >= 0.6 is 0 Å². The van der Waals surface area contributed by atoms with Gasteiger partial charge >= 0.3 is 0 Å². The molecule has 284 valence electrons. The van der Waals surface area contributed by atoms with Gasteiger partial charge in [-0.3, -0.25) is 9.59 Å². The number of hydrogen-bond acceptors (Lipinski definition) is 4. The smallest absolute Gasteiger partial charge is 0.236 e. The fraction of sp³-hybridized carbons (Fsp3) is 0.240. The van der Waals surface area contributed by atoms with E-state index in [4.69, 9.17) is 0 Å². The third kappa shape index (κ3) is 8.83. The summed E-state index contributed by atoms with van der Waals surface area (Å²) in [6.07, 6.45) is 2.46. The van der Waals surface area contributed by atoms with Crippen LogP contribution in [0, 0.1) is 5.41 Å². The van der Waals surface area contributed by atoms with E-state index in [1.54, 1.807) is 0 Å². The Balaban J connectivity index is 1.24. The quantitative estimate of drug-likeness (QED) is 0.0751. The molecule has 0 aromatic heterocycles. The standard InChI is InChI=1S/C50H50N2O4/c53-46(51-44(42-28-15-5-16-29-42)49(55,34-38-20-7-1-8-21-38)35-39-22-9-2-10-23-39)48(32-19-33-48)47(54)52-45(43-30-17-6-18-31-43)50(56,36-40-24-11-3-12-25-40)37-41-26-13-4-14-27-41/h1-18,20-31,44-45,55-56H,19,32-37H2,(H,51,53)(H,52,54)/t44-,45-/m1/s1. The van der Waals surface area contributed by atoms with Crippen LogP contribution in [0.25, 0.3) is 0 Å². The average Bonchev–Trinajstić information content (AvgIpc) is 3.20. The van der Waals surface area contributed by atoms with E-state index in [9.17, 15) is 19.8 Å². The second-order valence-electron chi connectivity index (χ2n) is 15.4. The van der Waals surface area contributed by atoms with Crippen molar-refractivity contribution < 1.29 is 19.8 Å². The van der Waals surface area contributed by atoms with Gasteiger partial charge in [0.25, 0.3) is 0 Å². The average molecular weight is 743 g/mol. The number of carbonyl (C=O) groups is 2. The molecule has 0 radical (unpaired) electrons. The molecule has 6 aromatic carbocycles. The van der Waals surface area contributed by atoms with E-state index in [0.29, 0.717) is 19.3 Å². The maximum atomic E-state index is 14.9. The van der Waals surface area contributed by atoms with Crippen LogP contribution in [0.1, 0.15) is 64.7 Å². The molecule has 0 unspecified atom stereocenters. The lowest BCUT2D eigenvalue weighted by Gasteiger charge is -2.45. The number of benzene rings is 6. The molecule has 0 heterocycles. The summed E-state index contributed by atoms with van der Waals surface area (Å²) < 4.78 is 0. The molecule has 2 atom stereocenters. The molecule has 1 fully saturated rings. The first-order valence-corrected chi connectivity index (χ1v) is 19.6. The summed E-state index contributed by atoms with van der Waals surface area (Å²) in [7, 11) is 0. The number of hydrogen-bond donors (Lipinski definition) is 4. The van der Waals surface area contributed by atoms with Crippen molar-refractivity contribution in [1.29, 1.82) is 0 Å². The Morgan fingerprint density at radius 3 is 0.929 bits per heavy atom. The Hall–Kier alpha value is -5.82. The second kappa shape index (κ2) is 17.3. The normalized spacial score (nSPS) is 14.8. The highest BCUT2D eigenvalue weighted by Gasteiger charge is 2.54. The van der Waals surface area contributed by atoms with Crippen LogP contribution in [0.4, 0.5) is 0 Å². The third-order valence-electron chi connectivity index (χ3n) is 11.4. The summed E-state index contributed by atoms with van der Waals surface area (Å²) in [6.45, 7) is 0. The molecule has 1 aliphatic rings. The molecule has 6 nitrogen and oxygen atoms in total. The van der Waals surface area contributed by atoms with Gasteiger partial charge in [0.15, 0.2) is 0 Å². The molecule has 1 saturated carbocycles. The summed E-state index contributed by atoms with van der Waals surface area (Å²) >= 11 is 0. The molecule has 56 heavy (non-hydrogen) atoms. The zero-order valence-corrected chi connectivity index (χ0v) is 31.6. The van der Waals surface area contributed by atoms with Gasteiger partial charge in [0.2, 0.25) is 11.8 Å². The topological polar surface area (TPSA) is 98.7 Å². The molecule has 2 amide bonds. The fourth-order valence-corrected chi connectivity index (χ4v) is 8.30. The van der Waals surface area contributed by atoms with Crippen LogP contribution in [0.3, 0.4) is 0 Å². The van der Waals surface area contributed by atoms with E-state index in [2.05, 4.69) is 10.6 Å². The number of amides is 2. The third-order valence-corrected chi connectivity index (χ3v) is 11.4. The highest BCUT2D eigenvalue weighted by Crippen LogP contribution is 2.45. The summed E-state index contributed by atoms with van der Waals surface area (Å²) in [6, 6.07) is 56.6. The van der Waals surface area contributed by atoms with Gasteiger partial charge in [0.1, 0.15) is 5.41 Å². The minimum Gasteiger partial charge on any atom is -0.387 e. The van der Waals surface area contributed by atoms with E-state index < -0.39 is 40.5 Å². The Kier molecular flexibility index (Phi) is 11.9. The van der Waals surface area contributed by atoms with Crippen molar-refractivity contribution in [3.8, 4) is 0 Å². The predicted octanol–water partition coefficient (Wildman–Crippen LogP) is 8.30.